The molecule has 0 amide bonds. The van der Waals surface area contributed by atoms with Crippen LogP contribution in [0.5, 0.6) is 11.5 Å². The van der Waals surface area contributed by atoms with Crippen LogP contribution in [-0.4, -0.2) is 37.7 Å². The number of ether oxygens (including phenoxy) is 2. The Morgan fingerprint density at radius 2 is 2.00 bits per heavy atom. The number of nitrogens with zero attached hydrogens (tertiary/aromatic N) is 2. The first kappa shape index (κ1) is 22.0. The maximum atomic E-state index is 5.54. The van der Waals surface area contributed by atoms with Gasteiger partial charge in [-0.3, -0.25) is 9.98 Å². The van der Waals surface area contributed by atoms with Crippen molar-refractivity contribution in [3.05, 3.63) is 48.3 Å². The topological polar surface area (TPSA) is 67.8 Å². The van der Waals surface area contributed by atoms with Crippen molar-refractivity contribution in [1.82, 2.24) is 10.3 Å². The van der Waals surface area contributed by atoms with Gasteiger partial charge in [0.05, 0.1) is 13.7 Å². The Morgan fingerprint density at radius 1 is 1.15 bits per heavy atom. The average Bonchev–Trinajstić information content (AvgIpc) is 2.64. The third-order valence-corrected chi connectivity index (χ3v) is 3.43. The second-order valence-electron chi connectivity index (χ2n) is 5.26. The van der Waals surface area contributed by atoms with Crippen LogP contribution >= 0.6 is 24.0 Å². The van der Waals surface area contributed by atoms with Crippen LogP contribution in [0.3, 0.4) is 0 Å². The molecular formula is C19H27IN4O2. The monoisotopic (exact) mass is 470 g/mol. The summed E-state index contributed by atoms with van der Waals surface area (Å²) in [5, 5.41) is 6.53. The molecule has 0 bridgehead atoms. The van der Waals surface area contributed by atoms with Crippen molar-refractivity contribution in [3.63, 3.8) is 0 Å². The van der Waals surface area contributed by atoms with Crippen molar-refractivity contribution < 1.29 is 9.47 Å². The average molecular weight is 470 g/mol. The molecule has 0 aliphatic heterocycles. The van der Waals surface area contributed by atoms with Gasteiger partial charge in [-0.05, 0) is 38.1 Å². The highest BCUT2D eigenvalue weighted by atomic mass is 127. The van der Waals surface area contributed by atoms with E-state index < -0.39 is 0 Å². The molecule has 0 aliphatic carbocycles. The van der Waals surface area contributed by atoms with Gasteiger partial charge in [0.25, 0.3) is 0 Å². The number of nitrogens with one attached hydrogen (secondary N) is 2. The fourth-order valence-electron chi connectivity index (χ4n) is 2.29. The van der Waals surface area contributed by atoms with Gasteiger partial charge >= 0.3 is 0 Å². The van der Waals surface area contributed by atoms with E-state index in [1.807, 2.05) is 50.2 Å². The molecule has 0 saturated carbocycles. The lowest BCUT2D eigenvalue weighted by Crippen LogP contribution is -2.30. The minimum absolute atomic E-state index is 0. The maximum absolute atomic E-state index is 5.54. The Balaban J connectivity index is 0.00000338. The molecule has 0 radical (unpaired) electrons. The number of guanidine groups is 1. The first-order chi connectivity index (χ1) is 12.3. The summed E-state index contributed by atoms with van der Waals surface area (Å²) in [6.45, 7) is 6.02. The Hall–Kier alpha value is -2.03. The summed E-state index contributed by atoms with van der Waals surface area (Å²) in [5.41, 5.74) is 1.92. The third-order valence-electron chi connectivity index (χ3n) is 3.43. The number of benzene rings is 1. The van der Waals surface area contributed by atoms with E-state index in [-0.39, 0.29) is 24.0 Å². The Morgan fingerprint density at radius 3 is 2.65 bits per heavy atom. The van der Waals surface area contributed by atoms with E-state index in [1.165, 1.54) is 0 Å². The number of hydrogen-bond donors (Lipinski definition) is 2. The summed E-state index contributed by atoms with van der Waals surface area (Å²) in [5.74, 6) is 2.15. The number of aromatic nitrogens is 1. The van der Waals surface area contributed by atoms with Gasteiger partial charge in [-0.2, -0.15) is 0 Å². The van der Waals surface area contributed by atoms with Crippen LogP contribution < -0.4 is 20.1 Å². The molecule has 0 saturated heterocycles. The molecule has 0 unspecified atom stereocenters. The molecule has 26 heavy (non-hydrogen) atoms. The van der Waals surface area contributed by atoms with Crippen LogP contribution in [0.15, 0.2) is 47.6 Å². The van der Waals surface area contributed by atoms with Crippen molar-refractivity contribution in [2.75, 3.05) is 32.1 Å². The lowest BCUT2D eigenvalue weighted by Gasteiger charge is -2.14. The van der Waals surface area contributed by atoms with Gasteiger partial charge in [0, 0.05) is 43.2 Å². The van der Waals surface area contributed by atoms with Crippen LogP contribution in [0.25, 0.3) is 0 Å². The van der Waals surface area contributed by atoms with Gasteiger partial charge in [-0.1, -0.05) is 6.07 Å². The second kappa shape index (κ2) is 12.3. The van der Waals surface area contributed by atoms with E-state index in [9.17, 15) is 0 Å². The molecule has 0 aliphatic rings. The van der Waals surface area contributed by atoms with Gasteiger partial charge in [-0.15, -0.1) is 24.0 Å². The van der Waals surface area contributed by atoms with Crippen LogP contribution in [0, 0.1) is 0 Å². The van der Waals surface area contributed by atoms with E-state index in [2.05, 4.69) is 20.6 Å². The molecule has 6 nitrogen and oxygen atoms in total. The number of pyridine rings is 1. The summed E-state index contributed by atoms with van der Waals surface area (Å²) in [4.78, 5) is 8.92. The number of rotatable bonds is 8. The first-order valence-electron chi connectivity index (χ1n) is 8.52. The lowest BCUT2D eigenvalue weighted by atomic mass is 10.2. The van der Waals surface area contributed by atoms with Crippen molar-refractivity contribution in [2.45, 2.75) is 20.3 Å². The molecule has 2 aromatic rings. The summed E-state index contributed by atoms with van der Waals surface area (Å²) in [6.07, 6.45) is 2.60. The molecule has 0 fully saturated rings. The lowest BCUT2D eigenvalue weighted by molar-refractivity contribution is 0.311. The molecule has 1 aromatic heterocycles. The zero-order valence-corrected chi connectivity index (χ0v) is 17.8. The summed E-state index contributed by atoms with van der Waals surface area (Å²) in [6, 6.07) is 11.6. The number of aliphatic imine (C=N–C) groups is 1. The third kappa shape index (κ3) is 7.07. The zero-order valence-electron chi connectivity index (χ0n) is 15.5. The molecule has 0 atom stereocenters. The summed E-state index contributed by atoms with van der Waals surface area (Å²) in [7, 11) is 1.63. The van der Waals surface area contributed by atoms with Crippen molar-refractivity contribution >= 4 is 35.6 Å². The van der Waals surface area contributed by atoms with Crippen LogP contribution in [-0.2, 0) is 6.42 Å². The molecule has 7 heteroatoms. The van der Waals surface area contributed by atoms with E-state index in [4.69, 9.17) is 9.47 Å². The quantitative estimate of drug-likeness (QED) is 0.350. The van der Waals surface area contributed by atoms with E-state index in [0.29, 0.717) is 18.9 Å². The highest BCUT2D eigenvalue weighted by Crippen LogP contribution is 2.30. The van der Waals surface area contributed by atoms with E-state index >= 15 is 0 Å². The number of methoxy groups -OCH3 is 1. The van der Waals surface area contributed by atoms with Crippen molar-refractivity contribution in [2.24, 2.45) is 4.99 Å². The Bertz CT molecular complexity index is 680. The van der Waals surface area contributed by atoms with Gasteiger partial charge in [0.1, 0.15) is 0 Å². The zero-order chi connectivity index (χ0) is 17.9. The largest absolute Gasteiger partial charge is 0.493 e. The molecule has 142 valence electrons. The standard InChI is InChI=1S/C19H26N4O2.HI/c1-4-20-19(22-13-11-15-8-6-7-12-21-15)23-16-9-10-17(25-5-2)18(14-16)24-3;/h6-10,12,14H,4-5,11,13H2,1-3H3,(H2,20,22,23);1H. The fourth-order valence-corrected chi connectivity index (χ4v) is 2.29. The normalized spacial score (nSPS) is 10.7. The van der Waals surface area contributed by atoms with E-state index in [1.54, 1.807) is 13.3 Å². The predicted molar refractivity (Wildman–Crippen MR) is 117 cm³/mol. The summed E-state index contributed by atoms with van der Waals surface area (Å²) >= 11 is 0. The minimum atomic E-state index is 0. The molecular weight excluding hydrogens is 443 g/mol. The Kier molecular flexibility index (Phi) is 10.5. The molecule has 1 heterocycles. The van der Waals surface area contributed by atoms with Gasteiger partial charge in [-0.25, -0.2) is 0 Å². The van der Waals surface area contributed by atoms with Crippen LogP contribution in [0.2, 0.25) is 0 Å². The van der Waals surface area contributed by atoms with Gasteiger partial charge in [0.2, 0.25) is 0 Å². The maximum Gasteiger partial charge on any atom is 0.195 e. The van der Waals surface area contributed by atoms with Crippen LogP contribution in [0.1, 0.15) is 19.5 Å². The second-order valence-corrected chi connectivity index (χ2v) is 5.26. The highest BCUT2D eigenvalue weighted by molar-refractivity contribution is 14.0. The summed E-state index contributed by atoms with van der Waals surface area (Å²) < 4.78 is 10.9. The number of hydrogen-bond acceptors (Lipinski definition) is 4. The van der Waals surface area contributed by atoms with E-state index in [0.717, 1.165) is 36.1 Å². The Labute approximate surface area is 172 Å². The highest BCUT2D eigenvalue weighted by Gasteiger charge is 2.07. The molecule has 2 rings (SSSR count). The fraction of sp³-hybridized carbons (Fsp3) is 0.368. The van der Waals surface area contributed by atoms with Crippen LogP contribution in [0.4, 0.5) is 5.69 Å². The van der Waals surface area contributed by atoms with Gasteiger partial charge < -0.3 is 20.1 Å². The smallest absolute Gasteiger partial charge is 0.195 e. The minimum Gasteiger partial charge on any atom is -0.493 e. The molecule has 1 aromatic carbocycles. The van der Waals surface area contributed by atoms with Crippen molar-refractivity contribution in [3.8, 4) is 11.5 Å². The number of halogens is 1. The first-order valence-corrected chi connectivity index (χ1v) is 8.52. The SMILES string of the molecule is CCNC(=NCCc1ccccn1)Nc1ccc(OCC)c(OC)c1.I. The van der Waals surface area contributed by atoms with Gasteiger partial charge in [0.15, 0.2) is 17.5 Å². The number of anilines is 1. The molecule has 2 N–H and O–H groups in total. The predicted octanol–water partition coefficient (Wildman–Crippen LogP) is 3.73. The van der Waals surface area contributed by atoms with Crippen molar-refractivity contribution in [1.29, 1.82) is 0 Å². The molecule has 0 spiro atoms.